The zero-order valence-corrected chi connectivity index (χ0v) is 13.5. The number of rotatable bonds is 3. The summed E-state index contributed by atoms with van der Waals surface area (Å²) in [6, 6.07) is 0. The molecule has 0 unspecified atom stereocenters. The average Bonchev–Trinajstić information content (AvgIpc) is 2.07. The van der Waals surface area contributed by atoms with Gasteiger partial charge in [0.25, 0.3) is 0 Å². The fourth-order valence-electron chi connectivity index (χ4n) is 1.72. The number of nitrogens with zero attached hydrogens (tertiary/aromatic N) is 1. The molecule has 0 N–H and O–H groups in total. The van der Waals surface area contributed by atoms with Gasteiger partial charge < -0.3 is 8.97 Å². The van der Waals surface area contributed by atoms with E-state index < -0.39 is 22.4 Å². The molecule has 0 rings (SSSR count). The second-order valence-electron chi connectivity index (χ2n) is 5.72. The van der Waals surface area contributed by atoms with Crippen molar-refractivity contribution in [2.45, 2.75) is 39.3 Å². The topological polar surface area (TPSA) is 29.5 Å². The van der Waals surface area contributed by atoms with E-state index in [-0.39, 0.29) is 0 Å². The number of esters is 1. The lowest BCUT2D eigenvalue weighted by Gasteiger charge is -2.42. The Morgan fingerprint density at radius 3 is 1.88 bits per heavy atom. The Bertz CT molecular complexity index is 291. The van der Waals surface area contributed by atoms with Gasteiger partial charge in [0, 0.05) is 12.5 Å². The number of carbonyl (C=O) groups excluding carboxylic acids is 1. The largest absolute Gasteiger partial charge is 0.459 e. The van der Waals surface area contributed by atoms with Crippen LogP contribution in [0.2, 0.25) is 39.3 Å². The van der Waals surface area contributed by atoms with Crippen LogP contribution in [0.15, 0.2) is 0 Å². The molecule has 0 atom stereocenters. The lowest BCUT2D eigenvalue weighted by Crippen LogP contribution is -2.59. The summed E-state index contributed by atoms with van der Waals surface area (Å²) in [5.74, 6) is 4.97. The molecule has 92 valence electrons. The van der Waals surface area contributed by atoms with Crippen LogP contribution in [0.4, 0.5) is 0 Å². The third-order valence-corrected chi connectivity index (χ3v) is 9.81. The van der Waals surface area contributed by atoms with Crippen LogP contribution in [0.5, 0.6) is 0 Å². The lowest BCUT2D eigenvalue weighted by atomic mass is 10.6. The summed E-state index contributed by atoms with van der Waals surface area (Å²) in [6.45, 7) is 14.5. The number of hydrogen-bond donors (Lipinski definition) is 0. The van der Waals surface area contributed by atoms with E-state index in [1.54, 1.807) is 0 Å². The molecule has 0 aromatic carbocycles. The highest BCUT2D eigenvalue weighted by atomic mass is 28.4. The maximum atomic E-state index is 10.9. The molecule has 0 aromatic heterocycles. The van der Waals surface area contributed by atoms with Crippen LogP contribution in [-0.2, 0) is 9.53 Å². The minimum absolute atomic E-state index is 0.453. The Balaban J connectivity index is 4.71. The molecule has 0 bridgehead atoms. The first-order valence-corrected chi connectivity index (χ1v) is 12.3. The van der Waals surface area contributed by atoms with Crippen LogP contribution in [0, 0.1) is 11.8 Å². The summed E-state index contributed by atoms with van der Waals surface area (Å²) in [4.78, 5) is 10.9. The molecular weight excluding hydrogens is 234 g/mol. The van der Waals surface area contributed by atoms with Gasteiger partial charge in [-0.05, 0) is 0 Å². The van der Waals surface area contributed by atoms with Gasteiger partial charge in [0.15, 0.2) is 0 Å². The van der Waals surface area contributed by atoms with Crippen molar-refractivity contribution in [3.05, 3.63) is 0 Å². The number of carbonyl (C=O) groups is 1. The van der Waals surface area contributed by atoms with Gasteiger partial charge >= 0.3 is 5.97 Å². The van der Waals surface area contributed by atoms with Crippen molar-refractivity contribution in [2.24, 2.45) is 0 Å². The zero-order valence-electron chi connectivity index (χ0n) is 11.5. The molecule has 0 aliphatic heterocycles. The van der Waals surface area contributed by atoms with Crippen LogP contribution in [0.3, 0.4) is 0 Å². The minimum Gasteiger partial charge on any atom is -0.459 e. The molecular formula is C11H23NO2Si2. The molecule has 0 saturated carbocycles. The summed E-state index contributed by atoms with van der Waals surface area (Å²) in [5, 5.41) is 0. The van der Waals surface area contributed by atoms with Gasteiger partial charge in [-0.2, -0.15) is 0 Å². The van der Waals surface area contributed by atoms with Crippen LogP contribution >= 0.6 is 0 Å². The molecule has 0 heterocycles. The lowest BCUT2D eigenvalue weighted by molar-refractivity contribution is -0.133. The predicted molar refractivity (Wildman–Crippen MR) is 73.2 cm³/mol. The summed E-state index contributed by atoms with van der Waals surface area (Å²) >= 11 is 0. The first-order chi connectivity index (χ1) is 7.09. The Morgan fingerprint density at radius 2 is 1.56 bits per heavy atom. The molecule has 0 aliphatic rings. The van der Waals surface area contributed by atoms with E-state index in [4.69, 9.17) is 0 Å². The molecule has 16 heavy (non-hydrogen) atoms. The van der Waals surface area contributed by atoms with Gasteiger partial charge in [-0.3, -0.25) is 0 Å². The first-order valence-electron chi connectivity index (χ1n) is 5.43. The summed E-state index contributed by atoms with van der Waals surface area (Å²) in [6.07, 6.45) is 0. The maximum Gasteiger partial charge on any atom is 0.384 e. The molecule has 5 heteroatoms. The van der Waals surface area contributed by atoms with Crippen LogP contribution < -0.4 is 0 Å². The van der Waals surface area contributed by atoms with E-state index in [0.717, 1.165) is 0 Å². The van der Waals surface area contributed by atoms with Crippen molar-refractivity contribution >= 4 is 22.4 Å². The van der Waals surface area contributed by atoms with Crippen molar-refractivity contribution in [3.8, 4) is 11.8 Å². The Hall–Kier alpha value is -0.576. The average molecular weight is 257 g/mol. The molecule has 0 radical (unpaired) electrons. The molecule has 0 spiro atoms. The fraction of sp³-hybridized carbons (Fsp3) is 0.727. The van der Waals surface area contributed by atoms with Crippen molar-refractivity contribution in [1.29, 1.82) is 0 Å². The Labute approximate surface area is 101 Å². The molecule has 0 fully saturated rings. The highest BCUT2D eigenvalue weighted by molar-refractivity contribution is 6.89. The third-order valence-electron chi connectivity index (χ3n) is 2.23. The molecule has 0 aliphatic carbocycles. The van der Waals surface area contributed by atoms with Crippen molar-refractivity contribution < 1.29 is 9.53 Å². The van der Waals surface area contributed by atoms with Gasteiger partial charge in [0.2, 0.25) is 0 Å². The summed E-state index contributed by atoms with van der Waals surface area (Å²) in [5.41, 5.74) is 0. The van der Waals surface area contributed by atoms with Gasteiger partial charge in [-0.25, -0.2) is 4.79 Å². The van der Waals surface area contributed by atoms with E-state index in [1.807, 2.05) is 0 Å². The second-order valence-corrected chi connectivity index (χ2v) is 15.9. The number of ether oxygens (including phenoxy) is 1. The number of methoxy groups -OCH3 is 1. The van der Waals surface area contributed by atoms with Gasteiger partial charge in [-0.15, -0.1) is 0 Å². The van der Waals surface area contributed by atoms with Gasteiger partial charge in [-0.1, -0.05) is 45.2 Å². The van der Waals surface area contributed by atoms with E-state index in [9.17, 15) is 4.79 Å². The highest BCUT2D eigenvalue weighted by Crippen LogP contribution is 2.18. The highest BCUT2D eigenvalue weighted by Gasteiger charge is 2.33. The molecule has 0 amide bonds. The van der Waals surface area contributed by atoms with E-state index in [2.05, 4.69) is 60.1 Å². The second kappa shape index (κ2) is 5.66. The maximum absolute atomic E-state index is 10.9. The van der Waals surface area contributed by atoms with Crippen molar-refractivity contribution in [3.63, 3.8) is 0 Å². The Kier molecular flexibility index (Phi) is 5.46. The van der Waals surface area contributed by atoms with Gasteiger partial charge in [0.1, 0.15) is 16.5 Å². The predicted octanol–water partition coefficient (Wildman–Crippen LogP) is 2.13. The quantitative estimate of drug-likeness (QED) is 0.336. The zero-order chi connectivity index (χ0) is 13.0. The normalized spacial score (nSPS) is 12.0. The standard InChI is InChI=1S/C11H23NO2Si2/c1-14-11(13)9-8-10-12(15(2,3)4)16(5,6)7/h10H2,1-7H3. The SMILES string of the molecule is COC(=O)C#CCN([Si](C)(C)C)[Si](C)(C)C. The van der Waals surface area contributed by atoms with E-state index in [0.29, 0.717) is 6.54 Å². The minimum atomic E-state index is -1.36. The summed E-state index contributed by atoms with van der Waals surface area (Å²) in [7, 11) is -1.37. The van der Waals surface area contributed by atoms with Crippen LogP contribution in [-0.4, -0.2) is 40.3 Å². The van der Waals surface area contributed by atoms with Gasteiger partial charge in [0.05, 0.1) is 7.11 Å². The Morgan fingerprint density at radius 1 is 1.12 bits per heavy atom. The molecule has 0 aromatic rings. The number of hydrogen-bond acceptors (Lipinski definition) is 3. The smallest absolute Gasteiger partial charge is 0.384 e. The van der Waals surface area contributed by atoms with Crippen molar-refractivity contribution in [1.82, 2.24) is 4.23 Å². The fourth-order valence-corrected chi connectivity index (χ4v) is 10.9. The summed E-state index contributed by atoms with van der Waals surface area (Å²) < 4.78 is 7.02. The molecule has 0 saturated heterocycles. The third kappa shape index (κ3) is 5.49. The van der Waals surface area contributed by atoms with Crippen molar-refractivity contribution in [2.75, 3.05) is 13.7 Å². The molecule has 3 nitrogen and oxygen atoms in total. The van der Waals surface area contributed by atoms with E-state index >= 15 is 0 Å². The van der Waals surface area contributed by atoms with Crippen LogP contribution in [0.25, 0.3) is 0 Å². The van der Waals surface area contributed by atoms with E-state index in [1.165, 1.54) is 7.11 Å². The first kappa shape index (κ1) is 15.4. The van der Waals surface area contributed by atoms with Crippen LogP contribution in [0.1, 0.15) is 0 Å². The monoisotopic (exact) mass is 257 g/mol.